The summed E-state index contributed by atoms with van der Waals surface area (Å²) in [5.74, 6) is -2.91. The van der Waals surface area contributed by atoms with E-state index >= 15 is 0 Å². The number of hydrogen-bond donors (Lipinski definition) is 4. The lowest BCUT2D eigenvalue weighted by Gasteiger charge is -2.30. The van der Waals surface area contributed by atoms with Crippen LogP contribution in [0, 0.1) is 11.7 Å². The minimum absolute atomic E-state index is 0.0483. The first-order valence-electron chi connectivity index (χ1n) is 14.6. The number of nitrogens with one attached hydrogen (secondary N) is 4. The molecular formula is C29H40FN5O7S. The minimum atomic E-state index is -4.41. The van der Waals surface area contributed by atoms with Crippen LogP contribution in [0.25, 0.3) is 0 Å². The zero-order valence-corrected chi connectivity index (χ0v) is 25.5. The van der Waals surface area contributed by atoms with Gasteiger partial charge in [0.25, 0.3) is 5.91 Å². The Balaban J connectivity index is 1.53. The van der Waals surface area contributed by atoms with Crippen molar-refractivity contribution in [3.05, 3.63) is 42.2 Å². The van der Waals surface area contributed by atoms with E-state index in [0.29, 0.717) is 38.6 Å². The Morgan fingerprint density at radius 3 is 2.49 bits per heavy atom. The topological polar surface area (TPSA) is 163 Å². The molecule has 2 heterocycles. The summed E-state index contributed by atoms with van der Waals surface area (Å²) in [5, 5.41) is 5.44. The van der Waals surface area contributed by atoms with Crippen molar-refractivity contribution in [2.75, 3.05) is 11.3 Å². The smallest absolute Gasteiger partial charge is 0.408 e. The van der Waals surface area contributed by atoms with E-state index in [0.717, 1.165) is 25.0 Å². The molecule has 2 aliphatic heterocycles. The molecule has 14 heteroatoms. The van der Waals surface area contributed by atoms with Crippen molar-refractivity contribution < 1.29 is 36.7 Å². The third-order valence-electron chi connectivity index (χ3n) is 7.65. The number of benzene rings is 1. The van der Waals surface area contributed by atoms with Crippen molar-refractivity contribution >= 4 is 39.7 Å². The molecule has 1 aromatic carbocycles. The average molecular weight is 622 g/mol. The number of hydrogen-bond acceptors (Lipinski definition) is 7. The summed E-state index contributed by atoms with van der Waals surface area (Å²) in [6.45, 7) is 5.46. The maximum Gasteiger partial charge on any atom is 0.408 e. The standard InChI is InChI=1S/C29H40FN5O7S/c1-28(2,3)42-27(39)31-22-11-8-6-4-5-7-10-19-18-29(19,32-24(36)23-12-9-17-35(23)25(22)37)26(38)34-43(40,41)33-21-15-13-20(30)14-16-21/h7,10,13-16,19,22-23,33H,4-6,8-9,11-12,17-18H2,1-3H3,(H,31,39)(H,32,36)(H,34,38)/b10-7-/t19-,22+,23+,29-/m1/s1. The van der Waals surface area contributed by atoms with Gasteiger partial charge < -0.3 is 20.3 Å². The number of ether oxygens (including phenoxy) is 1. The van der Waals surface area contributed by atoms with E-state index in [1.807, 2.05) is 16.9 Å². The molecule has 1 aliphatic carbocycles. The van der Waals surface area contributed by atoms with E-state index < -0.39 is 69.0 Å². The van der Waals surface area contributed by atoms with Crippen LogP contribution < -0.4 is 20.1 Å². The normalized spacial score (nSPS) is 27.3. The van der Waals surface area contributed by atoms with Gasteiger partial charge in [0, 0.05) is 12.5 Å². The molecule has 3 aliphatic rings. The van der Waals surface area contributed by atoms with Gasteiger partial charge in [0.05, 0.1) is 5.69 Å². The van der Waals surface area contributed by atoms with Crippen LogP contribution in [0.3, 0.4) is 0 Å². The number of carbonyl (C=O) groups excluding carboxylic acids is 4. The Morgan fingerprint density at radius 2 is 1.79 bits per heavy atom. The van der Waals surface area contributed by atoms with Crippen molar-refractivity contribution in [3.8, 4) is 0 Å². The predicted molar refractivity (Wildman–Crippen MR) is 156 cm³/mol. The van der Waals surface area contributed by atoms with Crippen molar-refractivity contribution in [3.63, 3.8) is 0 Å². The maximum absolute atomic E-state index is 13.7. The fourth-order valence-electron chi connectivity index (χ4n) is 5.46. The van der Waals surface area contributed by atoms with Gasteiger partial charge in [0.1, 0.15) is 29.0 Å². The minimum Gasteiger partial charge on any atom is -0.444 e. The van der Waals surface area contributed by atoms with E-state index in [4.69, 9.17) is 4.74 Å². The highest BCUT2D eigenvalue weighted by Crippen LogP contribution is 2.45. The van der Waals surface area contributed by atoms with Gasteiger partial charge in [-0.05, 0) is 83.6 Å². The molecule has 0 unspecified atom stereocenters. The van der Waals surface area contributed by atoms with E-state index in [1.165, 1.54) is 17.0 Å². The first-order valence-corrected chi connectivity index (χ1v) is 16.1. The third-order valence-corrected chi connectivity index (χ3v) is 8.61. The van der Waals surface area contributed by atoms with Crippen LogP contribution >= 0.6 is 0 Å². The molecule has 0 radical (unpaired) electrons. The predicted octanol–water partition coefficient (Wildman–Crippen LogP) is 2.88. The molecule has 43 heavy (non-hydrogen) atoms. The monoisotopic (exact) mass is 621 g/mol. The van der Waals surface area contributed by atoms with Crippen LogP contribution in [0.5, 0.6) is 0 Å². The number of nitrogens with zero attached hydrogens (tertiary/aromatic N) is 1. The molecule has 12 nitrogen and oxygen atoms in total. The van der Waals surface area contributed by atoms with Gasteiger partial charge in [-0.25, -0.2) is 13.9 Å². The molecule has 1 saturated carbocycles. The second-order valence-corrected chi connectivity index (χ2v) is 13.7. The summed E-state index contributed by atoms with van der Waals surface area (Å²) < 4.78 is 48.3. The summed E-state index contributed by atoms with van der Waals surface area (Å²) in [6, 6.07) is 2.78. The number of amides is 4. The molecule has 1 aromatic rings. The number of allylic oxidation sites excluding steroid dienone is 1. The third kappa shape index (κ3) is 8.46. The largest absolute Gasteiger partial charge is 0.444 e. The van der Waals surface area contributed by atoms with Crippen LogP contribution in [0.15, 0.2) is 36.4 Å². The van der Waals surface area contributed by atoms with Gasteiger partial charge in [-0.2, -0.15) is 8.42 Å². The van der Waals surface area contributed by atoms with E-state index in [-0.39, 0.29) is 12.1 Å². The van der Waals surface area contributed by atoms with Gasteiger partial charge in [0.15, 0.2) is 0 Å². The van der Waals surface area contributed by atoms with Crippen molar-refractivity contribution in [2.45, 2.75) is 95.4 Å². The number of anilines is 1. The fourth-order valence-corrected chi connectivity index (χ4v) is 6.38. The van der Waals surface area contributed by atoms with Gasteiger partial charge in [-0.1, -0.05) is 25.0 Å². The second kappa shape index (κ2) is 12.9. The lowest BCUT2D eigenvalue weighted by atomic mass is 10.0. The first kappa shape index (κ1) is 32.2. The van der Waals surface area contributed by atoms with Gasteiger partial charge >= 0.3 is 16.3 Å². The molecule has 1 saturated heterocycles. The molecule has 4 atom stereocenters. The Kier molecular flexibility index (Phi) is 9.67. The molecule has 4 N–H and O–H groups in total. The van der Waals surface area contributed by atoms with Gasteiger partial charge in [-0.3, -0.25) is 19.1 Å². The zero-order valence-electron chi connectivity index (χ0n) is 24.7. The van der Waals surface area contributed by atoms with Crippen LogP contribution in [-0.4, -0.2) is 66.9 Å². The number of alkyl carbamates (subject to hydrolysis) is 1. The van der Waals surface area contributed by atoms with Gasteiger partial charge in [0.2, 0.25) is 11.8 Å². The summed E-state index contributed by atoms with van der Waals surface area (Å²) in [5.41, 5.74) is -2.24. The van der Waals surface area contributed by atoms with Crippen molar-refractivity contribution in [2.24, 2.45) is 5.92 Å². The van der Waals surface area contributed by atoms with E-state index in [2.05, 4.69) is 15.4 Å². The molecule has 236 valence electrons. The SMILES string of the molecule is CC(C)(C)OC(=O)N[C@H]1CCCCC/C=C\[C@@H]2C[C@@]2(C(=O)NS(=O)(=O)Nc2ccc(F)cc2)NC(=O)[C@@H]2CCCN2C1=O. The van der Waals surface area contributed by atoms with Crippen molar-refractivity contribution in [1.82, 2.24) is 20.3 Å². The number of carbonyl (C=O) groups is 4. The number of halogens is 1. The quantitative estimate of drug-likeness (QED) is 0.368. The first-order chi connectivity index (χ1) is 20.2. The van der Waals surface area contributed by atoms with E-state index in [9.17, 15) is 32.0 Å². The molecule has 0 spiro atoms. The molecule has 2 fully saturated rings. The number of rotatable bonds is 5. The van der Waals surface area contributed by atoms with Gasteiger partial charge in [-0.15, -0.1) is 0 Å². The Bertz CT molecular complexity index is 1360. The molecule has 0 aromatic heterocycles. The van der Waals surface area contributed by atoms with Crippen LogP contribution in [0.4, 0.5) is 14.9 Å². The zero-order chi connectivity index (χ0) is 31.4. The van der Waals surface area contributed by atoms with E-state index in [1.54, 1.807) is 20.8 Å². The molecular weight excluding hydrogens is 581 g/mol. The maximum atomic E-state index is 13.7. The van der Waals surface area contributed by atoms with Crippen LogP contribution in [0.1, 0.15) is 72.1 Å². The Labute approximate surface area is 251 Å². The summed E-state index contributed by atoms with van der Waals surface area (Å²) in [6.07, 6.45) is 7.36. The fraction of sp³-hybridized carbons (Fsp3) is 0.586. The van der Waals surface area contributed by atoms with Crippen molar-refractivity contribution in [1.29, 1.82) is 0 Å². The highest BCUT2D eigenvalue weighted by atomic mass is 32.2. The highest BCUT2D eigenvalue weighted by Gasteiger charge is 2.61. The molecule has 0 bridgehead atoms. The Hall–Kier alpha value is -3.68. The molecule has 4 rings (SSSR count). The second-order valence-electron chi connectivity index (χ2n) is 12.3. The average Bonchev–Trinajstić information content (AvgIpc) is 3.36. The highest BCUT2D eigenvalue weighted by molar-refractivity contribution is 7.91. The summed E-state index contributed by atoms with van der Waals surface area (Å²) in [4.78, 5) is 54.7. The Morgan fingerprint density at radius 1 is 1.07 bits per heavy atom. The van der Waals surface area contributed by atoms with Crippen LogP contribution in [-0.2, 0) is 29.3 Å². The number of fused-ring (bicyclic) bond motifs is 2. The summed E-state index contributed by atoms with van der Waals surface area (Å²) in [7, 11) is -4.41. The lowest BCUT2D eigenvalue weighted by Crippen LogP contribution is -2.58. The molecule has 4 amide bonds. The summed E-state index contributed by atoms with van der Waals surface area (Å²) >= 11 is 0. The van der Waals surface area contributed by atoms with Crippen LogP contribution in [0.2, 0.25) is 0 Å². The lowest BCUT2D eigenvalue weighted by molar-refractivity contribution is -0.141.